The van der Waals surface area contributed by atoms with Gasteiger partial charge in [-0.05, 0) is 30.9 Å². The van der Waals surface area contributed by atoms with E-state index in [0.717, 1.165) is 42.2 Å². The molecule has 29 heavy (non-hydrogen) atoms. The van der Waals surface area contributed by atoms with Gasteiger partial charge in [0.2, 0.25) is 5.91 Å². The minimum absolute atomic E-state index is 0.0105. The van der Waals surface area contributed by atoms with Gasteiger partial charge in [0.05, 0.1) is 24.9 Å². The molecule has 1 aromatic heterocycles. The number of rotatable bonds is 5. The average molecular weight is 415 g/mol. The quantitative estimate of drug-likeness (QED) is 0.737. The van der Waals surface area contributed by atoms with Gasteiger partial charge >= 0.3 is 0 Å². The van der Waals surface area contributed by atoms with Crippen LogP contribution in [0.3, 0.4) is 0 Å². The molecule has 1 saturated carbocycles. The van der Waals surface area contributed by atoms with Crippen LogP contribution < -0.4 is 10.5 Å². The van der Waals surface area contributed by atoms with E-state index in [-0.39, 0.29) is 11.9 Å². The number of nitrogens with zero attached hydrogens (tertiary/aromatic N) is 3. The van der Waals surface area contributed by atoms with Crippen molar-refractivity contribution in [3.63, 3.8) is 0 Å². The van der Waals surface area contributed by atoms with Crippen LogP contribution in [-0.4, -0.2) is 45.8 Å². The fourth-order valence-corrected chi connectivity index (χ4v) is 4.94. The van der Waals surface area contributed by atoms with E-state index >= 15 is 0 Å². The highest BCUT2D eigenvalue weighted by Gasteiger charge is 2.40. The average Bonchev–Trinajstić information content (AvgIpc) is 3.22. The lowest BCUT2D eigenvalue weighted by Crippen LogP contribution is -2.52. The first-order valence-electron chi connectivity index (χ1n) is 10.5. The van der Waals surface area contributed by atoms with E-state index in [1.165, 1.54) is 19.3 Å². The smallest absolute Gasteiger partial charge is 0.241 e. The van der Waals surface area contributed by atoms with Gasteiger partial charge < -0.3 is 19.9 Å². The van der Waals surface area contributed by atoms with Crippen molar-refractivity contribution in [3.8, 4) is 17.0 Å². The number of aromatic nitrogens is 2. The molecule has 4 rings (SSSR count). The Morgan fingerprint density at radius 3 is 2.76 bits per heavy atom. The molecule has 1 amide bonds. The minimum Gasteiger partial charge on any atom is -0.496 e. The predicted octanol–water partition coefficient (Wildman–Crippen LogP) is 3.28. The molecule has 6 nitrogen and oxygen atoms in total. The molecule has 1 aromatic carbocycles. The molecule has 1 aliphatic carbocycles. The first kappa shape index (κ1) is 20.3. The van der Waals surface area contributed by atoms with E-state index in [1.54, 1.807) is 7.11 Å². The summed E-state index contributed by atoms with van der Waals surface area (Å²) in [6, 6.07) is 7.35. The van der Waals surface area contributed by atoms with Crippen LogP contribution in [-0.2, 0) is 11.3 Å². The number of hydrogen-bond donors (Lipinski definition) is 2. The second-order valence-electron chi connectivity index (χ2n) is 8.04. The van der Waals surface area contributed by atoms with Crippen molar-refractivity contribution in [2.75, 3.05) is 19.4 Å². The molecule has 0 bridgehead atoms. The first-order valence-corrected chi connectivity index (χ1v) is 11.1. The Hall–Kier alpha value is -1.99. The topological polar surface area (TPSA) is 73.4 Å². The summed E-state index contributed by atoms with van der Waals surface area (Å²) in [5.74, 6) is 2.55. The van der Waals surface area contributed by atoms with E-state index in [1.807, 2.05) is 29.2 Å². The van der Waals surface area contributed by atoms with E-state index < -0.39 is 6.04 Å². The number of amides is 1. The largest absolute Gasteiger partial charge is 0.496 e. The number of carbonyl (C=O) groups is 1. The lowest BCUT2D eigenvalue weighted by molar-refractivity contribution is -0.137. The molecule has 2 aromatic rings. The molecule has 156 valence electrons. The molecule has 2 atom stereocenters. The van der Waals surface area contributed by atoms with Gasteiger partial charge in [-0.25, -0.2) is 4.98 Å². The summed E-state index contributed by atoms with van der Waals surface area (Å²) in [6.45, 7) is 1.39. The fraction of sp³-hybridized carbons (Fsp3) is 0.545. The fourth-order valence-electron chi connectivity index (χ4n) is 4.78. The summed E-state index contributed by atoms with van der Waals surface area (Å²) in [6.07, 6.45) is 8.05. The van der Waals surface area contributed by atoms with Gasteiger partial charge in [-0.3, -0.25) is 4.79 Å². The predicted molar refractivity (Wildman–Crippen MR) is 117 cm³/mol. The number of carbonyl (C=O) groups excluding carboxylic acids is 1. The zero-order valence-corrected chi connectivity index (χ0v) is 17.9. The van der Waals surface area contributed by atoms with Gasteiger partial charge in [-0.2, -0.15) is 12.6 Å². The summed E-state index contributed by atoms with van der Waals surface area (Å²) in [5.41, 5.74) is 7.95. The van der Waals surface area contributed by atoms with Crippen LogP contribution in [0, 0.1) is 5.92 Å². The number of ether oxygens (including phenoxy) is 1. The third-order valence-electron chi connectivity index (χ3n) is 6.27. The highest BCUT2D eigenvalue weighted by Crippen LogP contribution is 2.41. The molecule has 1 fully saturated rings. The third kappa shape index (κ3) is 3.90. The number of nitrogens with two attached hydrogens (primary N) is 1. The van der Waals surface area contributed by atoms with Crippen molar-refractivity contribution < 1.29 is 9.53 Å². The number of hydrogen-bond acceptors (Lipinski definition) is 5. The Morgan fingerprint density at radius 1 is 1.28 bits per heavy atom. The van der Waals surface area contributed by atoms with E-state index in [0.29, 0.717) is 18.2 Å². The molecule has 7 heteroatoms. The lowest BCUT2D eigenvalue weighted by atomic mass is 9.82. The van der Waals surface area contributed by atoms with Crippen molar-refractivity contribution in [2.45, 2.75) is 50.7 Å². The zero-order valence-electron chi connectivity index (χ0n) is 17.0. The van der Waals surface area contributed by atoms with Crippen LogP contribution in [0.1, 0.15) is 44.0 Å². The Labute approximate surface area is 177 Å². The SMILES string of the molecule is COc1ccccc1-c1cn2c(n1)C(C1CCCCC1)N(C(=O)C(N)CS)CC2. The molecule has 0 spiro atoms. The lowest BCUT2D eigenvalue weighted by Gasteiger charge is -2.42. The Bertz CT molecular complexity index is 862. The van der Waals surface area contributed by atoms with Crippen LogP contribution in [0.5, 0.6) is 5.75 Å². The molecule has 2 aliphatic rings. The molecule has 1 aliphatic heterocycles. The van der Waals surface area contributed by atoms with Crippen molar-refractivity contribution in [2.24, 2.45) is 11.7 Å². The van der Waals surface area contributed by atoms with Crippen LogP contribution in [0.15, 0.2) is 30.5 Å². The maximum atomic E-state index is 13.1. The van der Waals surface area contributed by atoms with Crippen molar-refractivity contribution >= 4 is 18.5 Å². The van der Waals surface area contributed by atoms with Crippen molar-refractivity contribution in [3.05, 3.63) is 36.3 Å². The summed E-state index contributed by atoms with van der Waals surface area (Å²) in [5, 5.41) is 0. The number of benzene rings is 1. The number of methoxy groups -OCH3 is 1. The zero-order chi connectivity index (χ0) is 20.4. The highest BCUT2D eigenvalue weighted by molar-refractivity contribution is 7.80. The van der Waals surface area contributed by atoms with Crippen LogP contribution >= 0.6 is 12.6 Å². The molecular weight excluding hydrogens is 384 g/mol. The first-order chi connectivity index (χ1) is 14.1. The second-order valence-corrected chi connectivity index (χ2v) is 8.41. The second kappa shape index (κ2) is 8.79. The summed E-state index contributed by atoms with van der Waals surface area (Å²) in [7, 11) is 1.68. The number of imidazole rings is 1. The van der Waals surface area contributed by atoms with Gasteiger partial charge in [0.15, 0.2) is 0 Å². The minimum atomic E-state index is -0.570. The molecular formula is C22H30N4O2S. The van der Waals surface area contributed by atoms with Crippen LogP contribution in [0.2, 0.25) is 0 Å². The molecule has 2 heterocycles. The van der Waals surface area contributed by atoms with Crippen LogP contribution in [0.25, 0.3) is 11.3 Å². The van der Waals surface area contributed by atoms with Gasteiger partial charge in [0.1, 0.15) is 11.6 Å². The molecule has 0 saturated heterocycles. The maximum Gasteiger partial charge on any atom is 0.241 e. The Morgan fingerprint density at radius 2 is 2.03 bits per heavy atom. The number of fused-ring (bicyclic) bond motifs is 1. The van der Waals surface area contributed by atoms with Crippen molar-refractivity contribution in [1.82, 2.24) is 14.5 Å². The van der Waals surface area contributed by atoms with Gasteiger partial charge in [-0.15, -0.1) is 0 Å². The molecule has 2 N–H and O–H groups in total. The monoisotopic (exact) mass is 414 g/mol. The number of thiol groups is 1. The van der Waals surface area contributed by atoms with E-state index in [2.05, 4.69) is 23.4 Å². The molecule has 0 radical (unpaired) electrons. The standard InChI is InChI=1S/C22H30N4O2S/c1-28-19-10-6-5-9-16(19)18-13-25-11-12-26(22(27)17(23)14-29)20(21(25)24-18)15-7-3-2-4-8-15/h5-6,9-10,13,15,17,20,29H,2-4,7-8,11-12,14,23H2,1H3. The maximum absolute atomic E-state index is 13.1. The van der Waals surface area contributed by atoms with Gasteiger partial charge in [0, 0.05) is 30.6 Å². The van der Waals surface area contributed by atoms with E-state index in [9.17, 15) is 4.79 Å². The van der Waals surface area contributed by atoms with Crippen molar-refractivity contribution in [1.29, 1.82) is 0 Å². The highest BCUT2D eigenvalue weighted by atomic mass is 32.1. The summed E-state index contributed by atoms with van der Waals surface area (Å²) >= 11 is 4.25. The molecule has 2 unspecified atom stereocenters. The Kier molecular flexibility index (Phi) is 6.15. The van der Waals surface area contributed by atoms with Gasteiger partial charge in [0.25, 0.3) is 0 Å². The van der Waals surface area contributed by atoms with Gasteiger partial charge in [-0.1, -0.05) is 31.4 Å². The normalized spacial score (nSPS) is 20.9. The summed E-state index contributed by atoms with van der Waals surface area (Å²) < 4.78 is 7.76. The van der Waals surface area contributed by atoms with E-state index in [4.69, 9.17) is 15.5 Å². The summed E-state index contributed by atoms with van der Waals surface area (Å²) in [4.78, 5) is 20.1. The third-order valence-corrected chi connectivity index (χ3v) is 6.66. The van der Waals surface area contributed by atoms with Crippen LogP contribution in [0.4, 0.5) is 0 Å². The Balaban J connectivity index is 1.74. The number of para-hydroxylation sites is 1.